The molecule has 0 amide bonds. The van der Waals surface area contributed by atoms with Crippen LogP contribution in [0.2, 0.25) is 5.28 Å². The van der Waals surface area contributed by atoms with E-state index < -0.39 is 0 Å². The van der Waals surface area contributed by atoms with E-state index in [0.717, 1.165) is 24.5 Å². The molecular formula is C10H13ClN6. The smallest absolute Gasteiger partial charge is 0.224 e. The summed E-state index contributed by atoms with van der Waals surface area (Å²) in [6.07, 6.45) is 2.98. The van der Waals surface area contributed by atoms with E-state index in [9.17, 15) is 0 Å². The highest BCUT2D eigenvalue weighted by molar-refractivity contribution is 6.28. The molecule has 2 aromatic rings. The number of halogens is 1. The molecule has 0 radical (unpaired) electrons. The first-order chi connectivity index (χ1) is 8.15. The Balaban J connectivity index is 2.58. The van der Waals surface area contributed by atoms with Gasteiger partial charge in [0.25, 0.3) is 0 Å². The highest BCUT2D eigenvalue weighted by Gasteiger charge is 2.13. The Morgan fingerprint density at radius 3 is 2.71 bits per heavy atom. The Hall–Kier alpha value is -1.69. The lowest BCUT2D eigenvalue weighted by Crippen LogP contribution is -2.08. The summed E-state index contributed by atoms with van der Waals surface area (Å²) in [4.78, 5) is 12.3. The Morgan fingerprint density at radius 2 is 2.06 bits per heavy atom. The molecule has 2 heterocycles. The summed E-state index contributed by atoms with van der Waals surface area (Å²) in [6.45, 7) is 3.99. The molecule has 0 aromatic carbocycles. The molecule has 0 spiro atoms. The van der Waals surface area contributed by atoms with Crippen LogP contribution in [-0.4, -0.2) is 24.7 Å². The van der Waals surface area contributed by atoms with Gasteiger partial charge in [0.1, 0.15) is 5.82 Å². The molecule has 0 saturated heterocycles. The molecule has 90 valence electrons. The maximum atomic E-state index is 5.82. The SMILES string of the molecule is CCc1nc(CC)n(-c2nc(Cl)ncc2N)n1. The van der Waals surface area contributed by atoms with Crippen LogP contribution in [0.5, 0.6) is 0 Å². The lowest BCUT2D eigenvalue weighted by Gasteiger charge is -2.05. The Bertz CT molecular complexity index is 536. The molecule has 0 aliphatic heterocycles. The summed E-state index contributed by atoms with van der Waals surface area (Å²) in [5, 5.41) is 4.49. The molecule has 17 heavy (non-hydrogen) atoms. The lowest BCUT2D eigenvalue weighted by molar-refractivity contribution is 0.768. The predicted molar refractivity (Wildman–Crippen MR) is 65.1 cm³/mol. The topological polar surface area (TPSA) is 82.5 Å². The first-order valence-electron chi connectivity index (χ1n) is 5.38. The average Bonchev–Trinajstić information content (AvgIpc) is 2.75. The molecule has 0 bridgehead atoms. The molecule has 2 rings (SSSR count). The molecular weight excluding hydrogens is 240 g/mol. The summed E-state index contributed by atoms with van der Waals surface area (Å²) in [5.74, 6) is 2.05. The van der Waals surface area contributed by atoms with E-state index in [0.29, 0.717) is 11.5 Å². The zero-order valence-electron chi connectivity index (χ0n) is 9.68. The summed E-state index contributed by atoms with van der Waals surface area (Å²) >= 11 is 5.76. The van der Waals surface area contributed by atoms with Gasteiger partial charge in [-0.2, -0.15) is 9.67 Å². The van der Waals surface area contributed by atoms with Crippen LogP contribution in [0.1, 0.15) is 25.5 Å². The minimum absolute atomic E-state index is 0.143. The van der Waals surface area contributed by atoms with Gasteiger partial charge in [0, 0.05) is 12.8 Å². The van der Waals surface area contributed by atoms with Crippen molar-refractivity contribution < 1.29 is 0 Å². The maximum absolute atomic E-state index is 5.82. The third-order valence-corrected chi connectivity index (χ3v) is 2.50. The van der Waals surface area contributed by atoms with E-state index in [-0.39, 0.29) is 5.28 Å². The zero-order valence-corrected chi connectivity index (χ0v) is 10.4. The van der Waals surface area contributed by atoms with Crippen LogP contribution in [0.4, 0.5) is 5.69 Å². The van der Waals surface area contributed by atoms with Gasteiger partial charge < -0.3 is 5.73 Å². The number of rotatable bonds is 3. The summed E-state index contributed by atoms with van der Waals surface area (Å²) in [5.41, 5.74) is 6.25. The first-order valence-corrected chi connectivity index (χ1v) is 5.76. The first kappa shape index (κ1) is 11.8. The van der Waals surface area contributed by atoms with Crippen molar-refractivity contribution in [3.63, 3.8) is 0 Å². The Morgan fingerprint density at radius 1 is 1.29 bits per heavy atom. The van der Waals surface area contributed by atoms with Gasteiger partial charge >= 0.3 is 0 Å². The number of hydrogen-bond donors (Lipinski definition) is 1. The minimum atomic E-state index is 0.143. The number of hydrogen-bond acceptors (Lipinski definition) is 5. The van der Waals surface area contributed by atoms with Crippen molar-refractivity contribution in [2.24, 2.45) is 0 Å². The van der Waals surface area contributed by atoms with Gasteiger partial charge in [-0.3, -0.25) is 0 Å². The quantitative estimate of drug-likeness (QED) is 0.836. The number of nitrogens with zero attached hydrogens (tertiary/aromatic N) is 5. The lowest BCUT2D eigenvalue weighted by atomic mass is 10.4. The van der Waals surface area contributed by atoms with Crippen molar-refractivity contribution in [3.8, 4) is 5.82 Å². The third-order valence-electron chi connectivity index (χ3n) is 2.32. The van der Waals surface area contributed by atoms with E-state index in [1.54, 1.807) is 4.68 Å². The molecule has 2 aromatic heterocycles. The van der Waals surface area contributed by atoms with Gasteiger partial charge in [-0.25, -0.2) is 9.97 Å². The number of anilines is 1. The van der Waals surface area contributed by atoms with E-state index >= 15 is 0 Å². The van der Waals surface area contributed by atoms with Crippen LogP contribution in [-0.2, 0) is 12.8 Å². The van der Waals surface area contributed by atoms with E-state index in [4.69, 9.17) is 17.3 Å². The van der Waals surface area contributed by atoms with E-state index in [1.165, 1.54) is 6.20 Å². The summed E-state index contributed by atoms with van der Waals surface area (Å²) in [6, 6.07) is 0. The number of aromatic nitrogens is 5. The normalized spacial score (nSPS) is 10.8. The van der Waals surface area contributed by atoms with Gasteiger partial charge in [0.2, 0.25) is 5.28 Å². The van der Waals surface area contributed by atoms with Crippen LogP contribution in [0.25, 0.3) is 5.82 Å². The second-order valence-electron chi connectivity index (χ2n) is 3.48. The van der Waals surface area contributed by atoms with Crippen molar-refractivity contribution in [1.82, 2.24) is 24.7 Å². The summed E-state index contributed by atoms with van der Waals surface area (Å²) in [7, 11) is 0. The Kier molecular flexibility index (Phi) is 3.23. The second-order valence-corrected chi connectivity index (χ2v) is 3.82. The van der Waals surface area contributed by atoms with Gasteiger partial charge in [-0.15, -0.1) is 5.10 Å². The highest BCUT2D eigenvalue weighted by Crippen LogP contribution is 2.16. The van der Waals surface area contributed by atoms with Gasteiger partial charge in [-0.1, -0.05) is 13.8 Å². The minimum Gasteiger partial charge on any atom is -0.394 e. The van der Waals surface area contributed by atoms with Gasteiger partial charge in [0.15, 0.2) is 11.6 Å². The number of nitrogens with two attached hydrogens (primary N) is 1. The predicted octanol–water partition coefficient (Wildman–Crippen LogP) is 1.42. The molecule has 0 unspecified atom stereocenters. The number of aryl methyl sites for hydroxylation is 2. The fourth-order valence-corrected chi connectivity index (χ4v) is 1.60. The van der Waals surface area contributed by atoms with E-state index in [1.807, 2.05) is 13.8 Å². The molecule has 6 nitrogen and oxygen atoms in total. The molecule has 0 saturated carbocycles. The van der Waals surface area contributed by atoms with Crippen molar-refractivity contribution in [3.05, 3.63) is 23.1 Å². The molecule has 0 atom stereocenters. The van der Waals surface area contributed by atoms with Crippen LogP contribution < -0.4 is 5.73 Å². The largest absolute Gasteiger partial charge is 0.394 e. The zero-order chi connectivity index (χ0) is 12.4. The molecule has 0 aliphatic carbocycles. The maximum Gasteiger partial charge on any atom is 0.224 e. The monoisotopic (exact) mass is 252 g/mol. The van der Waals surface area contributed by atoms with Crippen molar-refractivity contribution in [1.29, 1.82) is 0 Å². The summed E-state index contributed by atoms with van der Waals surface area (Å²) < 4.78 is 1.63. The average molecular weight is 253 g/mol. The van der Waals surface area contributed by atoms with Crippen LogP contribution in [0, 0.1) is 0 Å². The fourth-order valence-electron chi connectivity index (χ4n) is 1.47. The molecule has 0 fully saturated rings. The van der Waals surface area contributed by atoms with Gasteiger partial charge in [-0.05, 0) is 11.6 Å². The fraction of sp³-hybridized carbons (Fsp3) is 0.400. The van der Waals surface area contributed by atoms with Crippen LogP contribution >= 0.6 is 11.6 Å². The van der Waals surface area contributed by atoms with E-state index in [2.05, 4.69) is 20.1 Å². The molecule has 7 heteroatoms. The molecule has 0 aliphatic rings. The van der Waals surface area contributed by atoms with Crippen molar-refractivity contribution >= 4 is 17.3 Å². The number of nitrogen functional groups attached to an aromatic ring is 1. The molecule has 2 N–H and O–H groups in total. The van der Waals surface area contributed by atoms with Crippen molar-refractivity contribution in [2.45, 2.75) is 26.7 Å². The second kappa shape index (κ2) is 4.67. The standard InChI is InChI=1S/C10H13ClN6/c1-3-7-14-8(4-2)17(16-7)9-6(12)5-13-10(11)15-9/h5H,3-4,12H2,1-2H3. The van der Waals surface area contributed by atoms with Crippen molar-refractivity contribution in [2.75, 3.05) is 5.73 Å². The Labute approximate surface area is 104 Å². The van der Waals surface area contributed by atoms with Crippen LogP contribution in [0.15, 0.2) is 6.20 Å². The highest BCUT2D eigenvalue weighted by atomic mass is 35.5. The third kappa shape index (κ3) is 2.21. The van der Waals surface area contributed by atoms with Crippen LogP contribution in [0.3, 0.4) is 0 Å². The van der Waals surface area contributed by atoms with Gasteiger partial charge in [0.05, 0.1) is 11.9 Å².